The lowest BCUT2D eigenvalue weighted by Crippen LogP contribution is -2.45. The number of H-pyrrole nitrogens is 1. The highest BCUT2D eigenvalue weighted by atomic mass is 32.2. The second-order valence-electron chi connectivity index (χ2n) is 6.34. The number of amides is 2. The standard InChI is InChI=1S/C16H22N8OS2/c1-10(2)24(13-8-7-11-14(19-13)27-16(26)18-11)15(25)17-9-5-3-4-6-12-20-22-23-21-12/h7-8,10H,3-6,9H2,1-2H3,(H,17,25)(H,18,26)(H,20,21,22,23). The Morgan fingerprint density at radius 1 is 1.30 bits per heavy atom. The van der Waals surface area contributed by atoms with E-state index >= 15 is 0 Å². The topological polar surface area (TPSA) is 113 Å². The van der Waals surface area contributed by atoms with Crippen molar-refractivity contribution in [1.29, 1.82) is 0 Å². The summed E-state index contributed by atoms with van der Waals surface area (Å²) in [5.41, 5.74) is 0.792. The first kappa shape index (κ1) is 19.5. The molecule has 0 saturated carbocycles. The van der Waals surface area contributed by atoms with Crippen LogP contribution in [0.1, 0.15) is 38.9 Å². The van der Waals surface area contributed by atoms with Gasteiger partial charge in [-0.05, 0) is 49.2 Å². The van der Waals surface area contributed by atoms with Gasteiger partial charge in [0.2, 0.25) is 0 Å². The molecule has 3 aromatic heterocycles. The second-order valence-corrected chi connectivity index (χ2v) is 8.05. The number of carbonyl (C=O) groups excluding carboxylic acids is 1. The van der Waals surface area contributed by atoms with Gasteiger partial charge < -0.3 is 5.32 Å². The SMILES string of the molecule is CC(C)N(C(=O)NCCCCCc1nnn[nH]1)c1ccc2nc(S)sc2n1. The molecule has 0 aliphatic carbocycles. The number of nitrogens with zero attached hydrogens (tertiary/aromatic N) is 6. The fourth-order valence-corrected chi connectivity index (χ4v) is 3.73. The van der Waals surface area contributed by atoms with Crippen LogP contribution < -0.4 is 10.2 Å². The van der Waals surface area contributed by atoms with Crippen LogP contribution in [0.25, 0.3) is 10.3 Å². The Morgan fingerprint density at radius 3 is 2.89 bits per heavy atom. The Balaban J connectivity index is 1.51. The normalized spacial score (nSPS) is 11.3. The van der Waals surface area contributed by atoms with E-state index in [1.54, 1.807) is 4.90 Å². The average molecular weight is 407 g/mol. The van der Waals surface area contributed by atoms with Gasteiger partial charge in [-0.3, -0.25) is 4.90 Å². The van der Waals surface area contributed by atoms with Crippen LogP contribution in [0.5, 0.6) is 0 Å². The number of tetrazole rings is 1. The van der Waals surface area contributed by atoms with Gasteiger partial charge in [0.15, 0.2) is 0 Å². The van der Waals surface area contributed by atoms with Gasteiger partial charge in [0, 0.05) is 19.0 Å². The van der Waals surface area contributed by atoms with Crippen molar-refractivity contribution in [3.63, 3.8) is 0 Å². The van der Waals surface area contributed by atoms with Gasteiger partial charge >= 0.3 is 6.03 Å². The number of aromatic nitrogens is 6. The smallest absolute Gasteiger partial charge is 0.323 e. The minimum absolute atomic E-state index is 0.0164. The maximum absolute atomic E-state index is 12.7. The summed E-state index contributed by atoms with van der Waals surface area (Å²) in [6.45, 7) is 4.54. The molecule has 0 radical (unpaired) electrons. The van der Waals surface area contributed by atoms with Crippen LogP contribution in [0, 0.1) is 0 Å². The average Bonchev–Trinajstić information content (AvgIpc) is 3.25. The molecule has 9 nitrogen and oxygen atoms in total. The lowest BCUT2D eigenvalue weighted by molar-refractivity contribution is 0.244. The molecule has 11 heteroatoms. The van der Waals surface area contributed by atoms with E-state index in [1.165, 1.54) is 11.3 Å². The van der Waals surface area contributed by atoms with E-state index in [1.807, 2.05) is 26.0 Å². The van der Waals surface area contributed by atoms with Gasteiger partial charge in [-0.2, -0.15) is 0 Å². The molecular formula is C16H22N8OS2. The summed E-state index contributed by atoms with van der Waals surface area (Å²) in [4.78, 5) is 24.0. The summed E-state index contributed by atoms with van der Waals surface area (Å²) in [5, 5.41) is 16.7. The number of nitrogens with one attached hydrogen (secondary N) is 2. The molecule has 2 amide bonds. The molecule has 0 aliphatic heterocycles. The summed E-state index contributed by atoms with van der Waals surface area (Å²) in [7, 11) is 0. The number of aromatic amines is 1. The van der Waals surface area contributed by atoms with Gasteiger partial charge in [0.1, 0.15) is 26.3 Å². The van der Waals surface area contributed by atoms with Crippen molar-refractivity contribution < 1.29 is 4.79 Å². The Bertz CT molecular complexity index is 880. The van der Waals surface area contributed by atoms with E-state index in [-0.39, 0.29) is 12.1 Å². The fraction of sp³-hybridized carbons (Fsp3) is 0.500. The van der Waals surface area contributed by atoms with Crippen molar-refractivity contribution in [2.45, 2.75) is 49.9 Å². The third-order valence-corrected chi connectivity index (χ3v) is 5.11. The van der Waals surface area contributed by atoms with Gasteiger partial charge in [0.25, 0.3) is 0 Å². The first-order chi connectivity index (χ1) is 13.0. The third kappa shape index (κ3) is 5.13. The molecule has 0 bridgehead atoms. The number of fused-ring (bicyclic) bond motifs is 1. The second kappa shape index (κ2) is 9.09. The van der Waals surface area contributed by atoms with Crippen LogP contribution in [0.2, 0.25) is 0 Å². The molecule has 27 heavy (non-hydrogen) atoms. The molecule has 0 atom stereocenters. The number of anilines is 1. The summed E-state index contributed by atoms with van der Waals surface area (Å²) in [6, 6.07) is 3.53. The Kier molecular flexibility index (Phi) is 6.56. The minimum atomic E-state index is -0.146. The molecule has 0 aliphatic rings. The molecule has 0 fully saturated rings. The quantitative estimate of drug-likeness (QED) is 0.392. The predicted octanol–water partition coefficient (Wildman–Crippen LogP) is 2.83. The van der Waals surface area contributed by atoms with Crippen LogP contribution in [0.3, 0.4) is 0 Å². The largest absolute Gasteiger partial charge is 0.338 e. The molecule has 3 heterocycles. The van der Waals surface area contributed by atoms with E-state index < -0.39 is 0 Å². The maximum atomic E-state index is 12.7. The van der Waals surface area contributed by atoms with Crippen molar-refractivity contribution in [2.75, 3.05) is 11.4 Å². The highest BCUT2D eigenvalue weighted by molar-refractivity contribution is 7.82. The van der Waals surface area contributed by atoms with Crippen LogP contribution in [0.15, 0.2) is 16.5 Å². The van der Waals surface area contributed by atoms with Crippen LogP contribution in [-0.2, 0) is 6.42 Å². The fourth-order valence-electron chi connectivity index (χ4n) is 2.69. The number of rotatable bonds is 8. The zero-order chi connectivity index (χ0) is 19.2. The van der Waals surface area contributed by atoms with Crippen molar-refractivity contribution >= 4 is 46.2 Å². The molecule has 144 valence electrons. The summed E-state index contributed by atoms with van der Waals surface area (Å²) < 4.78 is 0.663. The summed E-state index contributed by atoms with van der Waals surface area (Å²) >= 11 is 5.67. The van der Waals surface area contributed by atoms with E-state index in [0.29, 0.717) is 16.7 Å². The van der Waals surface area contributed by atoms with E-state index in [4.69, 9.17) is 0 Å². The number of unbranched alkanes of at least 4 members (excludes halogenated alkanes) is 2. The van der Waals surface area contributed by atoms with Crippen molar-refractivity contribution in [2.24, 2.45) is 0 Å². The predicted molar refractivity (Wildman–Crippen MR) is 107 cm³/mol. The maximum Gasteiger partial charge on any atom is 0.323 e. The highest BCUT2D eigenvalue weighted by Crippen LogP contribution is 2.26. The Labute approximate surface area is 166 Å². The summed E-state index contributed by atoms with van der Waals surface area (Å²) in [6.07, 6.45) is 3.66. The Hall–Kier alpha value is -2.27. The lowest BCUT2D eigenvalue weighted by Gasteiger charge is -2.26. The van der Waals surface area contributed by atoms with Crippen molar-refractivity contribution in [1.82, 2.24) is 35.9 Å². The number of pyridine rings is 1. The third-order valence-electron chi connectivity index (χ3n) is 3.97. The number of thiazole rings is 1. The number of hydrogen-bond acceptors (Lipinski definition) is 8. The molecule has 0 saturated heterocycles. The first-order valence-electron chi connectivity index (χ1n) is 8.81. The first-order valence-corrected chi connectivity index (χ1v) is 10.1. The molecule has 0 spiro atoms. The van der Waals surface area contributed by atoms with E-state index in [2.05, 4.69) is 48.5 Å². The number of urea groups is 1. The summed E-state index contributed by atoms with van der Waals surface area (Å²) in [5.74, 6) is 1.41. The minimum Gasteiger partial charge on any atom is -0.338 e. The van der Waals surface area contributed by atoms with E-state index in [0.717, 1.165) is 41.9 Å². The van der Waals surface area contributed by atoms with Gasteiger partial charge in [-0.25, -0.2) is 19.9 Å². The van der Waals surface area contributed by atoms with Crippen LogP contribution in [-0.4, -0.2) is 49.2 Å². The number of thiol groups is 1. The Morgan fingerprint density at radius 2 is 2.15 bits per heavy atom. The molecule has 3 aromatic rings. The lowest BCUT2D eigenvalue weighted by atomic mass is 10.2. The van der Waals surface area contributed by atoms with Crippen molar-refractivity contribution in [3.8, 4) is 0 Å². The van der Waals surface area contributed by atoms with Gasteiger partial charge in [-0.1, -0.05) is 17.8 Å². The molecule has 0 unspecified atom stereocenters. The number of aryl methyl sites for hydroxylation is 1. The van der Waals surface area contributed by atoms with Crippen LogP contribution >= 0.6 is 24.0 Å². The molecule has 3 rings (SSSR count). The van der Waals surface area contributed by atoms with E-state index in [9.17, 15) is 4.79 Å². The molecule has 0 aromatic carbocycles. The van der Waals surface area contributed by atoms with Gasteiger partial charge in [0.05, 0.1) is 0 Å². The zero-order valence-electron chi connectivity index (χ0n) is 15.2. The van der Waals surface area contributed by atoms with Crippen LogP contribution in [0.4, 0.5) is 10.6 Å². The number of carbonyl (C=O) groups is 1. The monoisotopic (exact) mass is 406 g/mol. The molecular weight excluding hydrogens is 384 g/mol. The van der Waals surface area contributed by atoms with Crippen molar-refractivity contribution in [3.05, 3.63) is 18.0 Å². The van der Waals surface area contributed by atoms with Gasteiger partial charge in [-0.15, -0.1) is 17.7 Å². The zero-order valence-corrected chi connectivity index (χ0v) is 16.9. The highest BCUT2D eigenvalue weighted by Gasteiger charge is 2.20. The number of hydrogen-bond donors (Lipinski definition) is 3. The molecule has 2 N–H and O–H groups in total.